The molecule has 3 rings (SSSR count). The fourth-order valence-electron chi connectivity index (χ4n) is 3.95. The van der Waals surface area contributed by atoms with E-state index < -0.39 is 0 Å². The largest absolute Gasteiger partial charge is 0.497 e. The first-order chi connectivity index (χ1) is 14.0. The van der Waals surface area contributed by atoms with Gasteiger partial charge in [-0.05, 0) is 62.2 Å². The van der Waals surface area contributed by atoms with Crippen molar-refractivity contribution >= 4 is 34.6 Å². The molecule has 1 fully saturated rings. The highest BCUT2D eigenvalue weighted by molar-refractivity contribution is 7.18. The molecule has 1 aliphatic heterocycles. The summed E-state index contributed by atoms with van der Waals surface area (Å²) in [4.78, 5) is 27.4. The maximum atomic E-state index is 12.3. The van der Waals surface area contributed by atoms with Crippen molar-refractivity contribution in [2.24, 2.45) is 5.92 Å². The Bertz CT molecular complexity index is 837. The molecule has 1 amide bonds. The topological polar surface area (TPSA) is 58.6 Å². The van der Waals surface area contributed by atoms with E-state index in [2.05, 4.69) is 29.4 Å². The summed E-state index contributed by atoms with van der Waals surface area (Å²) in [5, 5.41) is 3.04. The average Bonchev–Trinajstić information content (AvgIpc) is 3.17. The van der Waals surface area contributed by atoms with Gasteiger partial charge >= 0.3 is 0 Å². The lowest BCUT2D eigenvalue weighted by molar-refractivity contribution is -0.121. The number of ether oxygens (including phenoxy) is 1. The first kappa shape index (κ1) is 21.8. The maximum Gasteiger partial charge on any atom is 0.220 e. The molecule has 29 heavy (non-hydrogen) atoms. The first-order valence-corrected chi connectivity index (χ1v) is 11.1. The number of methoxy groups -OCH3 is 1. The molecule has 2 atom stereocenters. The van der Waals surface area contributed by atoms with Gasteiger partial charge in [0.15, 0.2) is 5.78 Å². The predicted octanol–water partition coefficient (Wildman–Crippen LogP) is 4.57. The van der Waals surface area contributed by atoms with Crippen molar-refractivity contribution in [2.45, 2.75) is 31.7 Å². The lowest BCUT2D eigenvalue weighted by Gasteiger charge is -2.39. The monoisotopic (exact) mass is 434 g/mol. The zero-order chi connectivity index (χ0) is 20.8. The zero-order valence-corrected chi connectivity index (χ0v) is 18.4. The summed E-state index contributed by atoms with van der Waals surface area (Å²) in [7, 11) is 3.80. The Labute approximate surface area is 181 Å². The van der Waals surface area contributed by atoms with E-state index in [9.17, 15) is 9.59 Å². The van der Waals surface area contributed by atoms with E-state index >= 15 is 0 Å². The highest BCUT2D eigenvalue weighted by Gasteiger charge is 2.30. The molecule has 1 saturated heterocycles. The molecule has 0 bridgehead atoms. The van der Waals surface area contributed by atoms with Crippen LogP contribution in [0.1, 0.15) is 47.0 Å². The second-order valence-corrected chi connectivity index (χ2v) is 9.15. The number of rotatable bonds is 8. The fraction of sp³-hybridized carbons (Fsp3) is 0.455. The van der Waals surface area contributed by atoms with E-state index in [0.717, 1.165) is 25.1 Å². The van der Waals surface area contributed by atoms with Gasteiger partial charge in [0.05, 0.1) is 16.3 Å². The van der Waals surface area contributed by atoms with Crippen LogP contribution in [0.25, 0.3) is 0 Å². The molecule has 2 heterocycles. The number of Topliss-reactive ketones (excluding diaryl/α,β-unsaturated/α-hetero) is 1. The number of carbonyl (C=O) groups excluding carboxylic acids is 2. The van der Waals surface area contributed by atoms with Crippen molar-refractivity contribution in [3.63, 3.8) is 0 Å². The Hall–Kier alpha value is -1.89. The van der Waals surface area contributed by atoms with Gasteiger partial charge < -0.3 is 10.1 Å². The molecular weight excluding hydrogens is 408 g/mol. The molecule has 1 aliphatic rings. The molecule has 0 saturated carbocycles. The lowest BCUT2D eigenvalue weighted by Crippen LogP contribution is -2.41. The number of hydrogen-bond acceptors (Lipinski definition) is 5. The molecule has 2 aromatic rings. The quantitative estimate of drug-likeness (QED) is 0.618. The van der Waals surface area contributed by atoms with Crippen molar-refractivity contribution in [1.82, 2.24) is 10.2 Å². The van der Waals surface area contributed by atoms with E-state index in [1.54, 1.807) is 19.2 Å². The van der Waals surface area contributed by atoms with E-state index in [0.29, 0.717) is 21.7 Å². The van der Waals surface area contributed by atoms with Crippen LogP contribution >= 0.6 is 22.9 Å². The van der Waals surface area contributed by atoms with E-state index in [1.807, 2.05) is 12.1 Å². The third-order valence-electron chi connectivity index (χ3n) is 5.45. The van der Waals surface area contributed by atoms with Crippen LogP contribution in [0.15, 0.2) is 36.4 Å². The lowest BCUT2D eigenvalue weighted by atomic mass is 9.85. The van der Waals surface area contributed by atoms with Gasteiger partial charge in [-0.1, -0.05) is 23.7 Å². The van der Waals surface area contributed by atoms with Gasteiger partial charge in [-0.15, -0.1) is 11.3 Å². The summed E-state index contributed by atoms with van der Waals surface area (Å²) < 4.78 is 5.85. The van der Waals surface area contributed by atoms with E-state index in [4.69, 9.17) is 16.3 Å². The van der Waals surface area contributed by atoms with Gasteiger partial charge in [0.1, 0.15) is 5.75 Å². The minimum Gasteiger partial charge on any atom is -0.497 e. The Morgan fingerprint density at radius 3 is 2.62 bits per heavy atom. The van der Waals surface area contributed by atoms with Crippen molar-refractivity contribution in [3.05, 3.63) is 51.2 Å². The normalized spacial score (nSPS) is 19.7. The number of halogens is 1. The van der Waals surface area contributed by atoms with Crippen molar-refractivity contribution in [3.8, 4) is 5.75 Å². The van der Waals surface area contributed by atoms with Crippen molar-refractivity contribution in [1.29, 1.82) is 0 Å². The molecule has 7 heteroatoms. The number of carbonyl (C=O) groups is 2. The highest BCUT2D eigenvalue weighted by atomic mass is 35.5. The van der Waals surface area contributed by atoms with Gasteiger partial charge in [0, 0.05) is 25.4 Å². The summed E-state index contributed by atoms with van der Waals surface area (Å²) in [5.74, 6) is 1.06. The number of benzene rings is 1. The molecule has 2 unspecified atom stereocenters. The number of ketones is 1. The highest BCUT2D eigenvalue weighted by Crippen LogP contribution is 2.35. The summed E-state index contributed by atoms with van der Waals surface area (Å²) in [6, 6.07) is 11.8. The number of nitrogens with one attached hydrogen (secondary N) is 1. The summed E-state index contributed by atoms with van der Waals surface area (Å²) in [6.07, 6.45) is 2.58. The number of thiophene rings is 1. The van der Waals surface area contributed by atoms with Crippen LogP contribution in [0.2, 0.25) is 4.34 Å². The Morgan fingerprint density at radius 1 is 1.21 bits per heavy atom. The Morgan fingerprint density at radius 2 is 1.97 bits per heavy atom. The number of nitrogens with zero attached hydrogens (tertiary/aromatic N) is 1. The van der Waals surface area contributed by atoms with Crippen LogP contribution in [0.4, 0.5) is 0 Å². The third-order valence-corrected chi connectivity index (χ3v) is 6.73. The molecule has 156 valence electrons. The summed E-state index contributed by atoms with van der Waals surface area (Å²) in [6.45, 7) is 1.65. The number of likely N-dealkylation sites (tertiary alicyclic amines) is 1. The molecule has 1 aromatic carbocycles. The molecular formula is C22H27ClN2O3S. The van der Waals surface area contributed by atoms with E-state index in [1.165, 1.54) is 16.9 Å². The standard InChI is InChI=1S/C22H27ClN2O3S/c1-25-13-3-4-16(22(25)15-5-7-17(28-2)8-6-15)14-24-21(27)12-9-18(26)19-10-11-20(23)29-19/h5-8,10-11,16,22H,3-4,9,12-14H2,1-2H3,(H,24,27). The molecule has 0 radical (unpaired) electrons. The van der Waals surface area contributed by atoms with Crippen LogP contribution in [-0.2, 0) is 4.79 Å². The second kappa shape index (κ2) is 10.2. The van der Waals surface area contributed by atoms with Crippen LogP contribution in [0.3, 0.4) is 0 Å². The smallest absolute Gasteiger partial charge is 0.220 e. The number of hydrogen-bond donors (Lipinski definition) is 1. The van der Waals surface area contributed by atoms with Crippen LogP contribution in [-0.4, -0.2) is 43.8 Å². The minimum absolute atomic E-state index is 0.0365. The Balaban J connectivity index is 1.54. The average molecular weight is 435 g/mol. The molecule has 1 aromatic heterocycles. The van der Waals surface area contributed by atoms with Gasteiger partial charge in [-0.2, -0.15) is 0 Å². The van der Waals surface area contributed by atoms with Crippen molar-refractivity contribution < 1.29 is 14.3 Å². The summed E-state index contributed by atoms with van der Waals surface area (Å²) in [5.41, 5.74) is 1.23. The van der Waals surface area contributed by atoms with Crippen LogP contribution in [0, 0.1) is 5.92 Å². The first-order valence-electron chi connectivity index (χ1n) is 9.87. The summed E-state index contributed by atoms with van der Waals surface area (Å²) >= 11 is 7.13. The second-order valence-electron chi connectivity index (χ2n) is 7.43. The predicted molar refractivity (Wildman–Crippen MR) is 117 cm³/mol. The molecule has 5 nitrogen and oxygen atoms in total. The number of piperidine rings is 1. The molecule has 0 aliphatic carbocycles. The van der Waals surface area contributed by atoms with Gasteiger partial charge in [0.2, 0.25) is 5.91 Å². The SMILES string of the molecule is COc1ccc(C2C(CNC(=O)CCC(=O)c3ccc(Cl)s3)CCCN2C)cc1. The minimum atomic E-state index is -0.0808. The fourth-order valence-corrected chi connectivity index (χ4v) is 4.96. The maximum absolute atomic E-state index is 12.3. The third kappa shape index (κ3) is 5.81. The molecule has 1 N–H and O–H groups in total. The Kier molecular flexibility index (Phi) is 7.70. The molecule has 0 spiro atoms. The van der Waals surface area contributed by atoms with Gasteiger partial charge in [0.25, 0.3) is 0 Å². The van der Waals surface area contributed by atoms with Crippen LogP contribution in [0.5, 0.6) is 5.75 Å². The van der Waals surface area contributed by atoms with Crippen LogP contribution < -0.4 is 10.1 Å². The van der Waals surface area contributed by atoms with Gasteiger partial charge in [-0.3, -0.25) is 14.5 Å². The van der Waals surface area contributed by atoms with Crippen molar-refractivity contribution in [2.75, 3.05) is 27.2 Å². The zero-order valence-electron chi connectivity index (χ0n) is 16.8. The van der Waals surface area contributed by atoms with Gasteiger partial charge in [-0.25, -0.2) is 0 Å². The van der Waals surface area contributed by atoms with E-state index in [-0.39, 0.29) is 30.6 Å². The number of amides is 1.